The molecule has 2 atom stereocenters. The van der Waals surface area contributed by atoms with Crippen molar-refractivity contribution >= 4 is 21.8 Å². The summed E-state index contributed by atoms with van der Waals surface area (Å²) in [5.74, 6) is 0.526. The Hall–Kier alpha value is -0.130. The van der Waals surface area contributed by atoms with Gasteiger partial charge in [-0.25, -0.2) is 0 Å². The molecule has 100 valence electrons. The highest BCUT2D eigenvalue weighted by atomic mass is 79.9. The first-order valence-electron chi connectivity index (χ1n) is 6.21. The van der Waals surface area contributed by atoms with Crippen LogP contribution in [0.4, 0.5) is 0 Å². The van der Waals surface area contributed by atoms with Crippen LogP contribution in [-0.2, 0) is 14.3 Å². The van der Waals surface area contributed by atoms with Gasteiger partial charge in [0.15, 0.2) is 0 Å². The van der Waals surface area contributed by atoms with Crippen LogP contribution in [-0.4, -0.2) is 44.2 Å². The van der Waals surface area contributed by atoms with Crippen molar-refractivity contribution in [2.45, 2.75) is 30.5 Å². The number of hydrogen-bond acceptors (Lipinski definition) is 3. The quantitative estimate of drug-likeness (QED) is 0.575. The summed E-state index contributed by atoms with van der Waals surface area (Å²) in [6.45, 7) is 1.87. The molecule has 1 aliphatic rings. The van der Waals surface area contributed by atoms with Crippen LogP contribution in [0.1, 0.15) is 25.7 Å². The molecule has 0 aromatic carbocycles. The lowest BCUT2D eigenvalue weighted by Gasteiger charge is -2.27. The maximum Gasteiger partial charge on any atom is 0.246 e. The number of carbonyl (C=O) groups excluding carboxylic acids is 1. The number of nitrogens with one attached hydrogen (secondary N) is 1. The molecule has 4 nitrogen and oxygen atoms in total. The highest BCUT2D eigenvalue weighted by Crippen LogP contribution is 2.29. The van der Waals surface area contributed by atoms with Gasteiger partial charge in [-0.1, -0.05) is 28.8 Å². The van der Waals surface area contributed by atoms with Crippen molar-refractivity contribution in [2.75, 3.05) is 33.5 Å². The molecule has 1 amide bonds. The minimum Gasteiger partial charge on any atom is -0.382 e. The predicted octanol–water partition coefficient (Wildman–Crippen LogP) is 1.72. The van der Waals surface area contributed by atoms with Gasteiger partial charge in [-0.15, -0.1) is 0 Å². The number of halogens is 1. The molecule has 1 saturated carbocycles. The van der Waals surface area contributed by atoms with E-state index in [1.165, 1.54) is 25.7 Å². The van der Waals surface area contributed by atoms with E-state index < -0.39 is 0 Å². The molecule has 2 unspecified atom stereocenters. The first kappa shape index (κ1) is 14.9. The van der Waals surface area contributed by atoms with Gasteiger partial charge in [-0.05, 0) is 18.8 Å². The zero-order valence-corrected chi connectivity index (χ0v) is 12.0. The third-order valence-electron chi connectivity index (χ3n) is 3.04. The van der Waals surface area contributed by atoms with E-state index in [4.69, 9.17) is 9.47 Å². The summed E-state index contributed by atoms with van der Waals surface area (Å²) in [5, 5.41) is 2.92. The molecule has 1 aliphatic carbocycles. The maximum atomic E-state index is 11.5. The zero-order chi connectivity index (χ0) is 12.5. The first-order valence-corrected chi connectivity index (χ1v) is 7.13. The van der Waals surface area contributed by atoms with E-state index in [1.54, 1.807) is 7.11 Å². The predicted molar refractivity (Wildman–Crippen MR) is 70.4 cm³/mol. The molecule has 1 N–H and O–H groups in total. The zero-order valence-electron chi connectivity index (χ0n) is 10.4. The smallest absolute Gasteiger partial charge is 0.246 e. The third kappa shape index (κ3) is 6.38. The monoisotopic (exact) mass is 307 g/mol. The van der Waals surface area contributed by atoms with Gasteiger partial charge >= 0.3 is 0 Å². The fourth-order valence-electron chi connectivity index (χ4n) is 2.00. The summed E-state index contributed by atoms with van der Waals surface area (Å²) in [5.41, 5.74) is 0. The Morgan fingerprint density at radius 1 is 1.35 bits per heavy atom. The molecule has 0 saturated heterocycles. The Balaban J connectivity index is 2.06. The van der Waals surface area contributed by atoms with Crippen LogP contribution in [0.2, 0.25) is 0 Å². The highest BCUT2D eigenvalue weighted by Gasteiger charge is 2.22. The molecule has 1 rings (SSSR count). The topological polar surface area (TPSA) is 47.6 Å². The van der Waals surface area contributed by atoms with E-state index in [0.717, 1.165) is 6.54 Å². The summed E-state index contributed by atoms with van der Waals surface area (Å²) >= 11 is 3.68. The fourth-order valence-corrected chi connectivity index (χ4v) is 2.77. The van der Waals surface area contributed by atoms with Crippen molar-refractivity contribution in [2.24, 2.45) is 5.92 Å². The van der Waals surface area contributed by atoms with Gasteiger partial charge in [0.25, 0.3) is 0 Å². The fraction of sp³-hybridized carbons (Fsp3) is 0.917. The van der Waals surface area contributed by atoms with Gasteiger partial charge in [0.1, 0.15) is 6.61 Å². The third-order valence-corrected chi connectivity index (χ3v) is 4.25. The number of hydrogen-bond donors (Lipinski definition) is 1. The first-order chi connectivity index (χ1) is 8.24. The molecule has 0 aliphatic heterocycles. The number of methoxy groups -OCH3 is 1. The normalized spacial score (nSPS) is 24.6. The molecule has 0 aromatic heterocycles. The van der Waals surface area contributed by atoms with Crippen LogP contribution in [0.15, 0.2) is 0 Å². The van der Waals surface area contributed by atoms with Crippen molar-refractivity contribution in [1.82, 2.24) is 5.32 Å². The molecule has 0 aromatic rings. The van der Waals surface area contributed by atoms with Gasteiger partial charge < -0.3 is 14.8 Å². The second kappa shape index (κ2) is 8.89. The Kier molecular flexibility index (Phi) is 7.81. The van der Waals surface area contributed by atoms with Crippen molar-refractivity contribution in [3.8, 4) is 0 Å². The highest BCUT2D eigenvalue weighted by molar-refractivity contribution is 9.09. The lowest BCUT2D eigenvalue weighted by atomic mass is 9.89. The summed E-state index contributed by atoms with van der Waals surface area (Å²) in [6.07, 6.45) is 4.97. The van der Waals surface area contributed by atoms with Crippen LogP contribution >= 0.6 is 15.9 Å². The van der Waals surface area contributed by atoms with Crippen molar-refractivity contribution in [3.05, 3.63) is 0 Å². The van der Waals surface area contributed by atoms with Gasteiger partial charge in [0, 0.05) is 18.5 Å². The summed E-state index contributed by atoms with van der Waals surface area (Å²) in [4.78, 5) is 12.0. The van der Waals surface area contributed by atoms with E-state index in [2.05, 4.69) is 21.2 Å². The van der Waals surface area contributed by atoms with E-state index in [9.17, 15) is 4.79 Å². The van der Waals surface area contributed by atoms with Crippen LogP contribution in [0, 0.1) is 5.92 Å². The molecule has 17 heavy (non-hydrogen) atoms. The molecule has 5 heteroatoms. The van der Waals surface area contributed by atoms with Crippen LogP contribution in [0.5, 0.6) is 0 Å². The summed E-state index contributed by atoms with van der Waals surface area (Å²) < 4.78 is 9.98. The van der Waals surface area contributed by atoms with Crippen molar-refractivity contribution in [3.63, 3.8) is 0 Å². The molecule has 1 fully saturated rings. The minimum absolute atomic E-state index is 0.0358. The number of alkyl halides is 1. The lowest BCUT2D eigenvalue weighted by Crippen LogP contribution is -2.36. The van der Waals surface area contributed by atoms with Crippen molar-refractivity contribution in [1.29, 1.82) is 0 Å². The number of carbonyl (C=O) groups is 1. The maximum absolute atomic E-state index is 11.5. The Labute approximate surface area is 112 Å². The van der Waals surface area contributed by atoms with E-state index >= 15 is 0 Å². The standard InChI is InChI=1S/C12H22BrNO3/c1-16-6-7-17-9-12(15)14-8-10-4-2-3-5-11(10)13/h10-11H,2-9H2,1H3,(H,14,15). The molecular weight excluding hydrogens is 286 g/mol. The lowest BCUT2D eigenvalue weighted by molar-refractivity contribution is -0.126. The Morgan fingerprint density at radius 2 is 2.12 bits per heavy atom. The average Bonchev–Trinajstić information content (AvgIpc) is 2.34. The van der Waals surface area contributed by atoms with Gasteiger partial charge in [0.2, 0.25) is 5.91 Å². The van der Waals surface area contributed by atoms with E-state index in [-0.39, 0.29) is 12.5 Å². The largest absolute Gasteiger partial charge is 0.382 e. The second-order valence-corrected chi connectivity index (χ2v) is 5.59. The SMILES string of the molecule is COCCOCC(=O)NCC1CCCCC1Br. The summed E-state index contributed by atoms with van der Waals surface area (Å²) in [6, 6.07) is 0. The molecule has 0 radical (unpaired) electrons. The van der Waals surface area contributed by atoms with Crippen molar-refractivity contribution < 1.29 is 14.3 Å². The van der Waals surface area contributed by atoms with Crippen LogP contribution in [0.25, 0.3) is 0 Å². The van der Waals surface area contributed by atoms with Crippen LogP contribution < -0.4 is 5.32 Å². The molecule has 0 bridgehead atoms. The Morgan fingerprint density at radius 3 is 2.82 bits per heavy atom. The summed E-state index contributed by atoms with van der Waals surface area (Å²) in [7, 11) is 1.61. The average molecular weight is 308 g/mol. The Bertz CT molecular complexity index is 226. The number of ether oxygens (including phenoxy) is 2. The van der Waals surface area contributed by atoms with Gasteiger partial charge in [-0.2, -0.15) is 0 Å². The van der Waals surface area contributed by atoms with Gasteiger partial charge in [0.05, 0.1) is 13.2 Å². The van der Waals surface area contributed by atoms with Gasteiger partial charge in [-0.3, -0.25) is 4.79 Å². The number of amides is 1. The van der Waals surface area contributed by atoms with E-state index in [1.807, 2.05) is 0 Å². The second-order valence-electron chi connectivity index (χ2n) is 4.41. The van der Waals surface area contributed by atoms with E-state index in [0.29, 0.717) is 24.0 Å². The number of rotatable bonds is 7. The van der Waals surface area contributed by atoms with Crippen LogP contribution in [0.3, 0.4) is 0 Å². The molecule has 0 spiro atoms. The molecular formula is C12H22BrNO3. The molecule has 0 heterocycles. The minimum atomic E-state index is -0.0358.